The molecule has 1 aliphatic rings. The van der Waals surface area contributed by atoms with E-state index >= 15 is 0 Å². The van der Waals surface area contributed by atoms with Crippen molar-refractivity contribution >= 4 is 6.09 Å². The number of nitrogens with zero attached hydrogens (tertiary/aromatic N) is 1. The van der Waals surface area contributed by atoms with Crippen molar-refractivity contribution in [3.63, 3.8) is 0 Å². The summed E-state index contributed by atoms with van der Waals surface area (Å²) in [7, 11) is 0. The van der Waals surface area contributed by atoms with Gasteiger partial charge in [0.15, 0.2) is 11.6 Å². The van der Waals surface area contributed by atoms with Crippen LogP contribution in [0.1, 0.15) is 5.56 Å². The van der Waals surface area contributed by atoms with Gasteiger partial charge in [-0.15, -0.1) is 0 Å². The first-order chi connectivity index (χ1) is 12.0. The molecular formula is C18H17F2NO4. The first-order valence-corrected chi connectivity index (χ1v) is 7.78. The quantitative estimate of drug-likeness (QED) is 0.922. The summed E-state index contributed by atoms with van der Waals surface area (Å²) in [6, 6.07) is 12.1. The number of rotatable bonds is 4. The van der Waals surface area contributed by atoms with E-state index < -0.39 is 29.9 Å². The molecule has 7 heteroatoms. The van der Waals surface area contributed by atoms with Crippen molar-refractivity contribution in [3.05, 3.63) is 65.7 Å². The third-order valence-electron chi connectivity index (χ3n) is 3.87. The molecule has 0 aliphatic carbocycles. The van der Waals surface area contributed by atoms with Crippen LogP contribution in [-0.4, -0.2) is 41.4 Å². The Labute approximate surface area is 143 Å². The summed E-state index contributed by atoms with van der Waals surface area (Å²) in [5.41, 5.74) is 0.844. The molecule has 1 N–H and O–H groups in total. The lowest BCUT2D eigenvalue weighted by atomic mass is 10.2. The smallest absolute Gasteiger partial charge is 0.410 e. The van der Waals surface area contributed by atoms with Crippen LogP contribution in [0, 0.1) is 11.6 Å². The molecule has 3 rings (SSSR count). The second-order valence-corrected chi connectivity index (χ2v) is 5.74. The number of aliphatic hydroxyl groups excluding tert-OH is 1. The number of carbonyl (C=O) groups is 1. The van der Waals surface area contributed by atoms with Gasteiger partial charge in [-0.1, -0.05) is 30.3 Å². The fourth-order valence-electron chi connectivity index (χ4n) is 2.57. The molecule has 1 fully saturated rings. The number of aliphatic hydroxyl groups is 1. The van der Waals surface area contributed by atoms with Gasteiger partial charge in [-0.25, -0.2) is 13.6 Å². The average Bonchev–Trinajstić information content (AvgIpc) is 2.97. The molecule has 0 spiro atoms. The minimum Gasteiger partial charge on any atom is -0.483 e. The van der Waals surface area contributed by atoms with Crippen LogP contribution in [0.4, 0.5) is 13.6 Å². The van der Waals surface area contributed by atoms with Crippen molar-refractivity contribution in [1.82, 2.24) is 4.90 Å². The lowest BCUT2D eigenvalue weighted by Crippen LogP contribution is -2.31. The highest BCUT2D eigenvalue weighted by Gasteiger charge is 2.37. The molecule has 2 aromatic rings. The Morgan fingerprint density at radius 1 is 1.16 bits per heavy atom. The molecule has 0 saturated carbocycles. The van der Waals surface area contributed by atoms with Crippen molar-refractivity contribution in [2.45, 2.75) is 18.8 Å². The monoisotopic (exact) mass is 349 g/mol. The van der Waals surface area contributed by atoms with Crippen molar-refractivity contribution in [2.75, 3.05) is 13.1 Å². The summed E-state index contributed by atoms with van der Waals surface area (Å²) < 4.78 is 37.1. The van der Waals surface area contributed by atoms with E-state index in [-0.39, 0.29) is 25.4 Å². The minimum atomic E-state index is -0.992. The molecule has 0 radical (unpaired) electrons. The topological polar surface area (TPSA) is 59.0 Å². The van der Waals surface area contributed by atoms with Crippen LogP contribution in [0.3, 0.4) is 0 Å². The van der Waals surface area contributed by atoms with E-state index in [2.05, 4.69) is 0 Å². The molecule has 1 saturated heterocycles. The van der Waals surface area contributed by atoms with Gasteiger partial charge in [0.25, 0.3) is 0 Å². The molecule has 2 aromatic carbocycles. The van der Waals surface area contributed by atoms with E-state index in [1.54, 1.807) is 0 Å². The molecule has 1 heterocycles. The molecule has 132 valence electrons. The molecule has 25 heavy (non-hydrogen) atoms. The molecule has 1 amide bonds. The maximum Gasteiger partial charge on any atom is 0.410 e. The number of benzene rings is 2. The van der Waals surface area contributed by atoms with Gasteiger partial charge in [0, 0.05) is 6.07 Å². The molecule has 0 aromatic heterocycles. The van der Waals surface area contributed by atoms with Crippen molar-refractivity contribution < 1.29 is 28.2 Å². The number of likely N-dealkylation sites (tertiary alicyclic amines) is 1. The summed E-state index contributed by atoms with van der Waals surface area (Å²) in [5, 5.41) is 10.0. The van der Waals surface area contributed by atoms with Crippen molar-refractivity contribution in [1.29, 1.82) is 0 Å². The van der Waals surface area contributed by atoms with Crippen LogP contribution in [0.2, 0.25) is 0 Å². The summed E-state index contributed by atoms with van der Waals surface area (Å²) >= 11 is 0. The Balaban J connectivity index is 1.56. The van der Waals surface area contributed by atoms with Gasteiger partial charge >= 0.3 is 6.09 Å². The zero-order chi connectivity index (χ0) is 17.8. The molecule has 0 bridgehead atoms. The summed E-state index contributed by atoms with van der Waals surface area (Å²) in [6.45, 7) is 0.178. The normalized spacial score (nSPS) is 19.7. The molecule has 0 unspecified atom stereocenters. The van der Waals surface area contributed by atoms with Gasteiger partial charge in [0.1, 0.15) is 24.6 Å². The number of ether oxygens (including phenoxy) is 2. The summed E-state index contributed by atoms with van der Waals surface area (Å²) in [4.78, 5) is 13.4. The first kappa shape index (κ1) is 17.2. The Morgan fingerprint density at radius 3 is 2.64 bits per heavy atom. The van der Waals surface area contributed by atoms with E-state index in [1.807, 2.05) is 30.3 Å². The number of hydrogen-bond donors (Lipinski definition) is 1. The van der Waals surface area contributed by atoms with Gasteiger partial charge < -0.3 is 19.5 Å². The zero-order valence-corrected chi connectivity index (χ0v) is 13.3. The average molecular weight is 349 g/mol. The lowest BCUT2D eigenvalue weighted by Gasteiger charge is -2.17. The van der Waals surface area contributed by atoms with Crippen molar-refractivity contribution in [3.8, 4) is 5.75 Å². The zero-order valence-electron chi connectivity index (χ0n) is 13.3. The predicted octanol–water partition coefficient (Wildman–Crippen LogP) is 2.73. The largest absolute Gasteiger partial charge is 0.483 e. The SMILES string of the molecule is O=C(OCc1ccccc1)N1C[C@@H](O)[C@H](Oc2ccc(F)cc2F)C1. The Bertz CT molecular complexity index is 741. The summed E-state index contributed by atoms with van der Waals surface area (Å²) in [6.07, 6.45) is -2.40. The van der Waals surface area contributed by atoms with Gasteiger partial charge in [0.2, 0.25) is 0 Å². The molecular weight excluding hydrogens is 332 g/mol. The highest BCUT2D eigenvalue weighted by molar-refractivity contribution is 5.68. The fraction of sp³-hybridized carbons (Fsp3) is 0.278. The predicted molar refractivity (Wildman–Crippen MR) is 85.0 cm³/mol. The molecule has 1 aliphatic heterocycles. The first-order valence-electron chi connectivity index (χ1n) is 7.78. The van der Waals surface area contributed by atoms with Crippen molar-refractivity contribution in [2.24, 2.45) is 0 Å². The highest BCUT2D eigenvalue weighted by Crippen LogP contribution is 2.23. The Hall–Kier alpha value is -2.67. The van der Waals surface area contributed by atoms with Crippen LogP contribution in [0.25, 0.3) is 0 Å². The van der Waals surface area contributed by atoms with Crippen LogP contribution in [-0.2, 0) is 11.3 Å². The van der Waals surface area contributed by atoms with E-state index in [0.717, 1.165) is 17.7 Å². The number of hydrogen-bond acceptors (Lipinski definition) is 4. The number of amides is 1. The highest BCUT2D eigenvalue weighted by atomic mass is 19.1. The Kier molecular flexibility index (Phi) is 5.14. The van der Waals surface area contributed by atoms with Crippen LogP contribution < -0.4 is 4.74 Å². The fourth-order valence-corrected chi connectivity index (χ4v) is 2.57. The van der Waals surface area contributed by atoms with Gasteiger partial charge in [-0.05, 0) is 17.7 Å². The second kappa shape index (κ2) is 7.48. The second-order valence-electron chi connectivity index (χ2n) is 5.74. The number of carbonyl (C=O) groups excluding carboxylic acids is 1. The Morgan fingerprint density at radius 2 is 1.92 bits per heavy atom. The van der Waals surface area contributed by atoms with Crippen LogP contribution in [0.5, 0.6) is 5.75 Å². The third kappa shape index (κ3) is 4.24. The maximum atomic E-state index is 13.6. The molecule has 2 atom stereocenters. The van der Waals surface area contributed by atoms with E-state index in [0.29, 0.717) is 6.07 Å². The minimum absolute atomic E-state index is 0.0150. The van der Waals surface area contributed by atoms with Gasteiger partial charge in [0.05, 0.1) is 13.1 Å². The van der Waals surface area contributed by atoms with E-state index in [9.17, 15) is 18.7 Å². The van der Waals surface area contributed by atoms with Crippen LogP contribution >= 0.6 is 0 Å². The maximum absolute atomic E-state index is 13.6. The number of β-amino-alcohol motifs (C(OH)–C–C–N with tert-alkyl or cyclic N) is 1. The summed E-state index contributed by atoms with van der Waals surface area (Å²) in [5.74, 6) is -1.76. The van der Waals surface area contributed by atoms with Gasteiger partial charge in [-0.3, -0.25) is 0 Å². The van der Waals surface area contributed by atoms with E-state index in [1.165, 1.54) is 4.90 Å². The molecule has 5 nitrogen and oxygen atoms in total. The third-order valence-corrected chi connectivity index (χ3v) is 3.87. The van der Waals surface area contributed by atoms with E-state index in [4.69, 9.17) is 9.47 Å². The van der Waals surface area contributed by atoms with Gasteiger partial charge in [-0.2, -0.15) is 0 Å². The lowest BCUT2D eigenvalue weighted by molar-refractivity contribution is 0.0708. The number of halogens is 2. The standard InChI is InChI=1S/C18H17F2NO4/c19-13-6-7-16(14(20)8-13)25-17-10-21(9-15(17)22)18(23)24-11-12-4-2-1-3-5-12/h1-8,15,17,22H,9-11H2/t15-,17-/m1/s1. The van der Waals surface area contributed by atoms with Crippen LogP contribution in [0.15, 0.2) is 48.5 Å².